The highest BCUT2D eigenvalue weighted by Gasteiger charge is 2.23. The van der Waals surface area contributed by atoms with Crippen LogP contribution in [0.1, 0.15) is 16.7 Å². The number of rotatable bonds is 6. The topological polar surface area (TPSA) is 93.0 Å². The number of nitrogens with zero attached hydrogens (tertiary/aromatic N) is 3. The van der Waals surface area contributed by atoms with Gasteiger partial charge in [0.25, 0.3) is 0 Å². The Labute approximate surface area is 161 Å². The summed E-state index contributed by atoms with van der Waals surface area (Å²) in [5.74, 6) is 0.255. The van der Waals surface area contributed by atoms with Gasteiger partial charge in [-0.15, -0.1) is 0 Å². The zero-order valence-electron chi connectivity index (χ0n) is 14.9. The lowest BCUT2D eigenvalue weighted by atomic mass is 10.1. The Bertz CT molecular complexity index is 994. The molecule has 0 amide bonds. The van der Waals surface area contributed by atoms with Gasteiger partial charge in [-0.1, -0.05) is 47.5 Å². The average Bonchev–Trinajstić information content (AvgIpc) is 2.63. The summed E-state index contributed by atoms with van der Waals surface area (Å²) >= 11 is 6.14. The predicted molar refractivity (Wildman–Crippen MR) is 107 cm³/mol. The van der Waals surface area contributed by atoms with E-state index in [9.17, 15) is 10.1 Å². The first kappa shape index (κ1) is 18.6. The second kappa shape index (κ2) is 8.01. The Kier molecular flexibility index (Phi) is 5.52. The molecular formula is C19H18ClN5O2. The third kappa shape index (κ3) is 4.32. The van der Waals surface area contributed by atoms with E-state index >= 15 is 0 Å². The Morgan fingerprint density at radius 1 is 1.11 bits per heavy atom. The summed E-state index contributed by atoms with van der Waals surface area (Å²) in [5, 5.41) is 18.3. The normalized spacial score (nSPS) is 10.5. The molecule has 0 spiro atoms. The second-order valence-electron chi connectivity index (χ2n) is 6.06. The zero-order chi connectivity index (χ0) is 19.4. The Morgan fingerprint density at radius 2 is 1.85 bits per heavy atom. The summed E-state index contributed by atoms with van der Waals surface area (Å²) in [4.78, 5) is 19.3. The molecule has 0 bridgehead atoms. The van der Waals surface area contributed by atoms with Gasteiger partial charge in [0.05, 0.1) is 4.92 Å². The highest BCUT2D eigenvalue weighted by atomic mass is 35.5. The Balaban J connectivity index is 1.90. The molecule has 0 saturated heterocycles. The molecule has 1 heterocycles. The molecule has 0 fully saturated rings. The molecule has 0 aliphatic carbocycles. The van der Waals surface area contributed by atoms with Crippen LogP contribution >= 0.6 is 11.6 Å². The van der Waals surface area contributed by atoms with Crippen molar-refractivity contribution in [2.24, 2.45) is 0 Å². The smallest absolute Gasteiger partial charge is 0.353 e. The van der Waals surface area contributed by atoms with Crippen LogP contribution in [-0.2, 0) is 6.54 Å². The lowest BCUT2D eigenvalue weighted by Crippen LogP contribution is -2.08. The van der Waals surface area contributed by atoms with Crippen molar-refractivity contribution >= 4 is 34.6 Å². The van der Waals surface area contributed by atoms with Gasteiger partial charge in [0.2, 0.25) is 11.6 Å². The lowest BCUT2D eigenvalue weighted by molar-refractivity contribution is -0.383. The molecule has 2 aromatic carbocycles. The van der Waals surface area contributed by atoms with Crippen molar-refractivity contribution in [1.82, 2.24) is 9.97 Å². The molecule has 138 valence electrons. The highest BCUT2D eigenvalue weighted by molar-refractivity contribution is 6.31. The van der Waals surface area contributed by atoms with Crippen LogP contribution in [0.2, 0.25) is 5.02 Å². The van der Waals surface area contributed by atoms with Gasteiger partial charge in [-0.2, -0.15) is 0 Å². The summed E-state index contributed by atoms with van der Waals surface area (Å²) in [6.45, 7) is 4.22. The predicted octanol–water partition coefficient (Wildman–Crippen LogP) is 5.01. The van der Waals surface area contributed by atoms with E-state index < -0.39 is 4.92 Å². The van der Waals surface area contributed by atoms with Gasteiger partial charge in [0, 0.05) is 17.3 Å². The maximum atomic E-state index is 11.7. The Hall–Kier alpha value is -3.19. The van der Waals surface area contributed by atoms with E-state index in [0.29, 0.717) is 11.6 Å². The van der Waals surface area contributed by atoms with Gasteiger partial charge in [-0.05, 0) is 37.1 Å². The molecule has 7 nitrogen and oxygen atoms in total. The van der Waals surface area contributed by atoms with E-state index in [1.54, 1.807) is 6.07 Å². The van der Waals surface area contributed by atoms with Gasteiger partial charge in [0.15, 0.2) is 0 Å². The molecule has 27 heavy (non-hydrogen) atoms. The number of hydrogen-bond acceptors (Lipinski definition) is 6. The minimum atomic E-state index is -0.499. The fraction of sp³-hybridized carbons (Fsp3) is 0.158. The molecule has 3 rings (SSSR count). The number of benzene rings is 2. The maximum Gasteiger partial charge on any atom is 0.353 e. The highest BCUT2D eigenvalue weighted by Crippen LogP contribution is 2.32. The summed E-state index contributed by atoms with van der Waals surface area (Å²) in [6.07, 6.45) is 1.29. The number of nitrogens with one attached hydrogen (secondary N) is 2. The first-order chi connectivity index (χ1) is 13.0. The number of aromatic nitrogens is 2. The monoisotopic (exact) mass is 383 g/mol. The van der Waals surface area contributed by atoms with Crippen LogP contribution in [-0.4, -0.2) is 14.9 Å². The van der Waals surface area contributed by atoms with Gasteiger partial charge in [-0.3, -0.25) is 10.1 Å². The van der Waals surface area contributed by atoms with Crippen LogP contribution in [0.4, 0.5) is 23.0 Å². The maximum absolute atomic E-state index is 11.7. The molecule has 3 aromatic rings. The fourth-order valence-electron chi connectivity index (χ4n) is 2.67. The van der Waals surface area contributed by atoms with Gasteiger partial charge >= 0.3 is 5.69 Å². The van der Waals surface area contributed by atoms with Crippen molar-refractivity contribution in [3.63, 3.8) is 0 Å². The largest absolute Gasteiger partial charge is 0.360 e. The van der Waals surface area contributed by atoms with Crippen LogP contribution in [0.5, 0.6) is 0 Å². The van der Waals surface area contributed by atoms with Gasteiger partial charge < -0.3 is 10.6 Å². The van der Waals surface area contributed by atoms with Gasteiger partial charge in [0.1, 0.15) is 6.33 Å². The Morgan fingerprint density at radius 3 is 2.56 bits per heavy atom. The third-order valence-corrected chi connectivity index (χ3v) is 4.41. The summed E-state index contributed by atoms with van der Waals surface area (Å²) < 4.78 is 0. The van der Waals surface area contributed by atoms with Crippen molar-refractivity contribution in [3.8, 4) is 0 Å². The molecule has 1 aromatic heterocycles. The molecule has 2 N–H and O–H groups in total. The number of nitro groups is 1. The number of hydrogen-bond donors (Lipinski definition) is 2. The lowest BCUT2D eigenvalue weighted by Gasteiger charge is -2.12. The number of aryl methyl sites for hydroxylation is 2. The van der Waals surface area contributed by atoms with E-state index in [1.807, 2.05) is 50.2 Å². The van der Waals surface area contributed by atoms with Crippen molar-refractivity contribution in [2.45, 2.75) is 20.4 Å². The minimum Gasteiger partial charge on any atom is -0.360 e. The first-order valence-corrected chi connectivity index (χ1v) is 8.64. The van der Waals surface area contributed by atoms with Crippen molar-refractivity contribution < 1.29 is 4.92 Å². The van der Waals surface area contributed by atoms with E-state index in [4.69, 9.17) is 11.6 Å². The van der Waals surface area contributed by atoms with Crippen LogP contribution in [0, 0.1) is 24.0 Å². The number of halogens is 1. The molecular weight excluding hydrogens is 366 g/mol. The summed E-state index contributed by atoms with van der Waals surface area (Å²) in [7, 11) is 0. The first-order valence-electron chi connectivity index (χ1n) is 8.26. The van der Waals surface area contributed by atoms with E-state index in [-0.39, 0.29) is 17.3 Å². The second-order valence-corrected chi connectivity index (χ2v) is 6.47. The quantitative estimate of drug-likeness (QED) is 0.459. The standard InChI is InChI=1S/C19H18ClN5O2/c1-12-7-8-16(13(2)9-12)24-19-17(25(26)27)18(22-11-23-19)21-10-14-5-3-4-6-15(14)20/h3-9,11H,10H2,1-2H3,(H2,21,22,23,24). The molecule has 0 saturated carbocycles. The molecule has 0 aliphatic heterocycles. The molecule has 0 unspecified atom stereocenters. The fourth-order valence-corrected chi connectivity index (χ4v) is 2.88. The van der Waals surface area contributed by atoms with Crippen LogP contribution in [0.25, 0.3) is 0 Å². The van der Waals surface area contributed by atoms with E-state index in [1.165, 1.54) is 6.33 Å². The van der Waals surface area contributed by atoms with E-state index in [0.717, 1.165) is 22.4 Å². The summed E-state index contributed by atoms with van der Waals surface area (Å²) in [5.41, 5.74) is 3.42. The van der Waals surface area contributed by atoms with Gasteiger partial charge in [-0.25, -0.2) is 9.97 Å². The van der Waals surface area contributed by atoms with Crippen molar-refractivity contribution in [2.75, 3.05) is 10.6 Å². The zero-order valence-corrected chi connectivity index (χ0v) is 15.6. The van der Waals surface area contributed by atoms with Crippen LogP contribution in [0.3, 0.4) is 0 Å². The van der Waals surface area contributed by atoms with Crippen LogP contribution < -0.4 is 10.6 Å². The number of anilines is 3. The van der Waals surface area contributed by atoms with E-state index in [2.05, 4.69) is 20.6 Å². The molecule has 0 atom stereocenters. The molecule has 0 aliphatic rings. The minimum absolute atomic E-state index is 0.127. The van der Waals surface area contributed by atoms with Crippen molar-refractivity contribution in [3.05, 3.63) is 80.6 Å². The third-order valence-electron chi connectivity index (χ3n) is 4.04. The van der Waals surface area contributed by atoms with Crippen LogP contribution in [0.15, 0.2) is 48.8 Å². The average molecular weight is 384 g/mol. The summed E-state index contributed by atoms with van der Waals surface area (Å²) in [6, 6.07) is 13.1. The SMILES string of the molecule is Cc1ccc(Nc2ncnc(NCc3ccccc3Cl)c2[N+](=O)[O-])c(C)c1. The molecule has 8 heteroatoms. The van der Waals surface area contributed by atoms with Crippen molar-refractivity contribution in [1.29, 1.82) is 0 Å². The molecule has 0 radical (unpaired) electrons.